The highest BCUT2D eigenvalue weighted by Gasteiger charge is 2.34. The van der Waals surface area contributed by atoms with Crippen LogP contribution in [-0.2, 0) is 0 Å². The van der Waals surface area contributed by atoms with Gasteiger partial charge in [0.1, 0.15) is 0 Å². The van der Waals surface area contributed by atoms with Crippen molar-refractivity contribution in [2.45, 2.75) is 52.0 Å². The SMILES string of the molecule is CCCC1(CN2CCCN(C)CC2C)CCNCC1. The van der Waals surface area contributed by atoms with Crippen LogP contribution >= 0.6 is 0 Å². The first-order valence-corrected chi connectivity index (χ1v) is 8.28. The molecule has 112 valence electrons. The van der Waals surface area contributed by atoms with E-state index in [1.54, 1.807) is 0 Å². The molecule has 2 aliphatic heterocycles. The van der Waals surface area contributed by atoms with Gasteiger partial charge in [0.05, 0.1) is 0 Å². The third-order valence-corrected chi connectivity index (χ3v) is 5.17. The summed E-state index contributed by atoms with van der Waals surface area (Å²) in [6.45, 7) is 12.3. The maximum atomic E-state index is 3.54. The maximum Gasteiger partial charge on any atom is 0.0195 e. The lowest BCUT2D eigenvalue weighted by Crippen LogP contribution is -2.48. The molecule has 1 N–H and O–H groups in total. The average Bonchev–Trinajstić information content (AvgIpc) is 2.53. The van der Waals surface area contributed by atoms with E-state index < -0.39 is 0 Å². The van der Waals surface area contributed by atoms with Crippen molar-refractivity contribution in [3.63, 3.8) is 0 Å². The molecule has 0 aromatic rings. The van der Waals surface area contributed by atoms with E-state index in [-0.39, 0.29) is 0 Å². The molecule has 3 heteroatoms. The van der Waals surface area contributed by atoms with Crippen molar-refractivity contribution < 1.29 is 0 Å². The minimum absolute atomic E-state index is 0.594. The van der Waals surface area contributed by atoms with E-state index in [0.29, 0.717) is 5.41 Å². The van der Waals surface area contributed by atoms with E-state index in [0.717, 1.165) is 6.04 Å². The van der Waals surface area contributed by atoms with Crippen molar-refractivity contribution in [2.75, 3.05) is 46.3 Å². The molecule has 2 heterocycles. The second-order valence-corrected chi connectivity index (χ2v) is 6.94. The zero-order valence-corrected chi connectivity index (χ0v) is 13.2. The van der Waals surface area contributed by atoms with Crippen LogP contribution in [0.25, 0.3) is 0 Å². The minimum atomic E-state index is 0.594. The Morgan fingerprint density at radius 3 is 2.63 bits per heavy atom. The van der Waals surface area contributed by atoms with E-state index in [1.807, 2.05) is 0 Å². The largest absolute Gasteiger partial charge is 0.317 e. The van der Waals surface area contributed by atoms with Gasteiger partial charge in [-0.3, -0.25) is 4.90 Å². The summed E-state index contributed by atoms with van der Waals surface area (Å²) in [6.07, 6.45) is 6.83. The van der Waals surface area contributed by atoms with Crippen LogP contribution in [0.2, 0.25) is 0 Å². The molecule has 2 aliphatic rings. The van der Waals surface area contributed by atoms with Crippen LogP contribution < -0.4 is 5.32 Å². The first kappa shape index (κ1) is 15.3. The lowest BCUT2D eigenvalue weighted by atomic mass is 9.74. The highest BCUT2D eigenvalue weighted by Crippen LogP contribution is 2.35. The topological polar surface area (TPSA) is 18.5 Å². The Bertz CT molecular complexity index is 255. The fourth-order valence-corrected chi connectivity index (χ4v) is 4.06. The Hall–Kier alpha value is -0.120. The van der Waals surface area contributed by atoms with Gasteiger partial charge in [-0.05, 0) is 71.2 Å². The summed E-state index contributed by atoms with van der Waals surface area (Å²) in [5, 5.41) is 3.54. The third-order valence-electron chi connectivity index (χ3n) is 5.17. The van der Waals surface area contributed by atoms with Crippen LogP contribution in [0.1, 0.15) is 46.0 Å². The Morgan fingerprint density at radius 2 is 1.95 bits per heavy atom. The van der Waals surface area contributed by atoms with Crippen molar-refractivity contribution in [2.24, 2.45) is 5.41 Å². The van der Waals surface area contributed by atoms with Crippen LogP contribution in [0.4, 0.5) is 0 Å². The normalized spacial score (nSPS) is 30.2. The number of rotatable bonds is 4. The van der Waals surface area contributed by atoms with Gasteiger partial charge in [-0.25, -0.2) is 0 Å². The van der Waals surface area contributed by atoms with Gasteiger partial charge < -0.3 is 10.2 Å². The predicted molar refractivity (Wildman–Crippen MR) is 82.6 cm³/mol. The van der Waals surface area contributed by atoms with E-state index in [9.17, 15) is 0 Å². The van der Waals surface area contributed by atoms with Crippen LogP contribution in [-0.4, -0.2) is 62.2 Å². The number of nitrogens with zero attached hydrogens (tertiary/aromatic N) is 2. The van der Waals surface area contributed by atoms with Gasteiger partial charge in [-0.1, -0.05) is 13.3 Å². The Morgan fingerprint density at radius 1 is 1.21 bits per heavy atom. The van der Waals surface area contributed by atoms with Gasteiger partial charge in [0.2, 0.25) is 0 Å². The van der Waals surface area contributed by atoms with E-state index >= 15 is 0 Å². The van der Waals surface area contributed by atoms with E-state index in [4.69, 9.17) is 0 Å². The summed E-state index contributed by atoms with van der Waals surface area (Å²) in [4.78, 5) is 5.28. The van der Waals surface area contributed by atoms with Gasteiger partial charge in [0, 0.05) is 19.1 Å². The summed E-state index contributed by atoms with van der Waals surface area (Å²) in [5.74, 6) is 0. The first-order valence-electron chi connectivity index (χ1n) is 8.28. The van der Waals surface area contributed by atoms with Crippen LogP contribution in [0.15, 0.2) is 0 Å². The third kappa shape index (κ3) is 4.17. The van der Waals surface area contributed by atoms with Gasteiger partial charge >= 0.3 is 0 Å². The first-order chi connectivity index (χ1) is 9.15. The molecular formula is C16H33N3. The molecule has 0 aromatic heterocycles. The number of hydrogen-bond acceptors (Lipinski definition) is 3. The molecule has 3 nitrogen and oxygen atoms in total. The molecule has 1 unspecified atom stereocenters. The Kier molecular flexibility index (Phi) is 5.67. The smallest absolute Gasteiger partial charge is 0.0195 e. The Labute approximate surface area is 119 Å². The standard InChI is InChI=1S/C16H33N3/c1-4-6-16(7-9-17-10-8-16)14-19-12-5-11-18(3)13-15(19)2/h15,17H,4-14H2,1-3H3. The van der Waals surface area contributed by atoms with Crippen molar-refractivity contribution in [1.82, 2.24) is 15.1 Å². The quantitative estimate of drug-likeness (QED) is 0.842. The van der Waals surface area contributed by atoms with E-state index in [1.165, 1.54) is 71.4 Å². The van der Waals surface area contributed by atoms with Crippen LogP contribution in [0, 0.1) is 5.41 Å². The molecule has 2 saturated heterocycles. The zero-order valence-electron chi connectivity index (χ0n) is 13.2. The number of likely N-dealkylation sites (N-methyl/N-ethyl adjacent to an activating group) is 1. The summed E-state index contributed by atoms with van der Waals surface area (Å²) < 4.78 is 0. The lowest BCUT2D eigenvalue weighted by molar-refractivity contribution is 0.0785. The lowest BCUT2D eigenvalue weighted by Gasteiger charge is -2.43. The van der Waals surface area contributed by atoms with Crippen molar-refractivity contribution in [3.05, 3.63) is 0 Å². The van der Waals surface area contributed by atoms with Gasteiger partial charge in [-0.15, -0.1) is 0 Å². The summed E-state index contributed by atoms with van der Waals surface area (Å²) in [6, 6.07) is 0.719. The second kappa shape index (κ2) is 7.05. The van der Waals surface area contributed by atoms with Gasteiger partial charge in [-0.2, -0.15) is 0 Å². The fourth-order valence-electron chi connectivity index (χ4n) is 4.06. The molecule has 19 heavy (non-hydrogen) atoms. The number of piperidine rings is 1. The maximum absolute atomic E-state index is 3.54. The molecule has 0 aromatic carbocycles. The zero-order chi connectivity index (χ0) is 13.7. The summed E-state index contributed by atoms with van der Waals surface area (Å²) in [7, 11) is 2.27. The van der Waals surface area contributed by atoms with Crippen molar-refractivity contribution >= 4 is 0 Å². The van der Waals surface area contributed by atoms with Crippen LogP contribution in [0.5, 0.6) is 0 Å². The van der Waals surface area contributed by atoms with Crippen LogP contribution in [0.3, 0.4) is 0 Å². The predicted octanol–water partition coefficient (Wildman–Crippen LogP) is 2.18. The van der Waals surface area contributed by atoms with E-state index in [2.05, 4.69) is 36.0 Å². The second-order valence-electron chi connectivity index (χ2n) is 6.94. The van der Waals surface area contributed by atoms with Crippen molar-refractivity contribution in [3.8, 4) is 0 Å². The average molecular weight is 267 g/mol. The molecule has 0 radical (unpaired) electrons. The number of hydrogen-bond donors (Lipinski definition) is 1. The number of nitrogens with one attached hydrogen (secondary N) is 1. The summed E-state index contributed by atoms with van der Waals surface area (Å²) >= 11 is 0. The van der Waals surface area contributed by atoms with Gasteiger partial charge in [0.25, 0.3) is 0 Å². The molecule has 0 spiro atoms. The summed E-state index contributed by atoms with van der Waals surface area (Å²) in [5.41, 5.74) is 0.594. The molecule has 2 rings (SSSR count). The van der Waals surface area contributed by atoms with Gasteiger partial charge in [0.15, 0.2) is 0 Å². The molecular weight excluding hydrogens is 234 g/mol. The molecule has 0 amide bonds. The molecule has 1 atom stereocenters. The Balaban J connectivity index is 1.98. The monoisotopic (exact) mass is 267 g/mol. The minimum Gasteiger partial charge on any atom is -0.317 e. The molecule has 0 aliphatic carbocycles. The highest BCUT2D eigenvalue weighted by molar-refractivity contribution is 4.89. The van der Waals surface area contributed by atoms with Crippen molar-refractivity contribution in [1.29, 1.82) is 0 Å². The molecule has 0 saturated carbocycles. The molecule has 2 fully saturated rings. The highest BCUT2D eigenvalue weighted by atomic mass is 15.2. The molecule has 0 bridgehead atoms. The fraction of sp³-hybridized carbons (Fsp3) is 1.00.